The van der Waals surface area contributed by atoms with E-state index in [0.717, 1.165) is 30.8 Å². The largest absolute Gasteiger partial charge is 0.490 e. The summed E-state index contributed by atoms with van der Waals surface area (Å²) in [4.78, 5) is 16.5. The summed E-state index contributed by atoms with van der Waals surface area (Å²) in [5.41, 5.74) is 4.23. The molecule has 0 unspecified atom stereocenters. The molecule has 0 aliphatic carbocycles. The molecular formula is C22H34N2O5. The van der Waals surface area contributed by atoms with E-state index in [9.17, 15) is 9.90 Å². The lowest BCUT2D eigenvalue weighted by atomic mass is 9.94. The molecule has 7 heteroatoms. The van der Waals surface area contributed by atoms with Crippen LogP contribution in [0.3, 0.4) is 0 Å². The van der Waals surface area contributed by atoms with E-state index in [1.165, 1.54) is 16.7 Å². The number of aliphatic hydroxyl groups excluding tert-OH is 1. The number of rotatable bonds is 4. The zero-order valence-corrected chi connectivity index (χ0v) is 18.3. The fourth-order valence-electron chi connectivity index (χ4n) is 4.14. The molecule has 0 aromatic heterocycles. The number of hydrogen-bond acceptors (Lipinski definition) is 6. The van der Waals surface area contributed by atoms with Crippen LogP contribution in [0.5, 0.6) is 5.75 Å². The molecule has 3 rings (SSSR count). The molecule has 2 aliphatic rings. The minimum Gasteiger partial charge on any atom is -0.490 e. The van der Waals surface area contributed by atoms with Crippen LogP contribution in [0.4, 0.5) is 10.5 Å². The van der Waals surface area contributed by atoms with Crippen LogP contribution in [0.15, 0.2) is 6.07 Å². The van der Waals surface area contributed by atoms with Crippen LogP contribution in [0.1, 0.15) is 37.5 Å². The first-order valence-electron chi connectivity index (χ1n) is 10.4. The van der Waals surface area contributed by atoms with E-state index in [-0.39, 0.29) is 6.09 Å². The highest BCUT2D eigenvalue weighted by Gasteiger charge is 2.29. The Bertz CT molecular complexity index is 744. The van der Waals surface area contributed by atoms with Gasteiger partial charge in [-0.15, -0.1) is 0 Å². The maximum atomic E-state index is 12.5. The Morgan fingerprint density at radius 3 is 2.69 bits per heavy atom. The highest BCUT2D eigenvalue weighted by Crippen LogP contribution is 2.40. The van der Waals surface area contributed by atoms with Crippen molar-refractivity contribution < 1.29 is 24.1 Å². The van der Waals surface area contributed by atoms with Crippen LogP contribution < -0.4 is 9.64 Å². The molecule has 162 valence electrons. The third-order valence-corrected chi connectivity index (χ3v) is 5.39. The number of benzene rings is 1. The molecule has 1 N–H and O–H groups in total. The monoisotopic (exact) mass is 406 g/mol. The van der Waals surface area contributed by atoms with Gasteiger partial charge in [0.05, 0.1) is 24.9 Å². The number of aliphatic hydroxyl groups is 1. The van der Waals surface area contributed by atoms with E-state index in [4.69, 9.17) is 14.2 Å². The van der Waals surface area contributed by atoms with Gasteiger partial charge >= 0.3 is 6.09 Å². The molecular weight excluding hydrogens is 372 g/mol. The SMILES string of the molecule is COC[C@@H](O)CN1CCOc2cc3c(c(C)c21)CCN(C(=O)OC(C)(C)C)CC3. The second kappa shape index (κ2) is 8.79. The van der Waals surface area contributed by atoms with Crippen molar-refractivity contribution in [3.63, 3.8) is 0 Å². The lowest BCUT2D eigenvalue weighted by Crippen LogP contribution is -2.40. The molecule has 1 amide bonds. The zero-order chi connectivity index (χ0) is 21.2. The van der Waals surface area contributed by atoms with Gasteiger partial charge in [0.25, 0.3) is 0 Å². The zero-order valence-electron chi connectivity index (χ0n) is 18.3. The van der Waals surface area contributed by atoms with Gasteiger partial charge in [0.1, 0.15) is 18.0 Å². The molecule has 1 aromatic carbocycles. The molecule has 0 bridgehead atoms. The second-order valence-corrected chi connectivity index (χ2v) is 8.86. The summed E-state index contributed by atoms with van der Waals surface area (Å²) in [6.07, 6.45) is 0.751. The number of carbonyl (C=O) groups excluding carboxylic acids is 1. The number of anilines is 1. The topological polar surface area (TPSA) is 71.5 Å². The molecule has 2 aliphatic heterocycles. The average molecular weight is 407 g/mol. The van der Waals surface area contributed by atoms with Crippen molar-refractivity contribution in [3.05, 3.63) is 22.8 Å². The fourth-order valence-corrected chi connectivity index (χ4v) is 4.14. The fraction of sp³-hybridized carbons (Fsp3) is 0.682. The predicted molar refractivity (Wildman–Crippen MR) is 112 cm³/mol. The first kappa shape index (κ1) is 21.7. The number of fused-ring (bicyclic) bond motifs is 2. The first-order chi connectivity index (χ1) is 13.7. The molecule has 2 heterocycles. The van der Waals surface area contributed by atoms with Gasteiger partial charge in [0, 0.05) is 26.7 Å². The van der Waals surface area contributed by atoms with Crippen molar-refractivity contribution in [3.8, 4) is 5.75 Å². The van der Waals surface area contributed by atoms with Crippen LogP contribution in [0.2, 0.25) is 0 Å². The number of β-amino-alcohol motifs (C(OH)–C–C–N with tert-alkyl or cyclic N) is 1. The predicted octanol–water partition coefficient (Wildman–Crippen LogP) is 2.54. The van der Waals surface area contributed by atoms with Crippen molar-refractivity contribution in [1.82, 2.24) is 4.90 Å². The van der Waals surface area contributed by atoms with Gasteiger partial charge in [0.2, 0.25) is 0 Å². The van der Waals surface area contributed by atoms with E-state index in [0.29, 0.717) is 32.8 Å². The Balaban J connectivity index is 1.82. The molecule has 1 atom stereocenters. The van der Waals surface area contributed by atoms with Crippen LogP contribution in [0, 0.1) is 6.92 Å². The van der Waals surface area contributed by atoms with Crippen molar-refractivity contribution in [2.24, 2.45) is 0 Å². The Hall–Kier alpha value is -1.99. The van der Waals surface area contributed by atoms with Crippen LogP contribution in [-0.2, 0) is 22.3 Å². The lowest BCUT2D eigenvalue weighted by molar-refractivity contribution is 0.0258. The van der Waals surface area contributed by atoms with Crippen molar-refractivity contribution in [1.29, 1.82) is 0 Å². The maximum Gasteiger partial charge on any atom is 0.410 e. The highest BCUT2D eigenvalue weighted by molar-refractivity contribution is 5.71. The van der Waals surface area contributed by atoms with Gasteiger partial charge in [-0.1, -0.05) is 0 Å². The van der Waals surface area contributed by atoms with Gasteiger partial charge in [-0.25, -0.2) is 4.79 Å². The Kier molecular flexibility index (Phi) is 6.58. The van der Waals surface area contributed by atoms with Gasteiger partial charge in [0.15, 0.2) is 0 Å². The number of hydrogen-bond donors (Lipinski definition) is 1. The summed E-state index contributed by atoms with van der Waals surface area (Å²) in [6.45, 7) is 11.2. The van der Waals surface area contributed by atoms with Crippen molar-refractivity contribution in [2.45, 2.75) is 52.2 Å². The van der Waals surface area contributed by atoms with Crippen LogP contribution in [-0.4, -0.2) is 74.3 Å². The van der Waals surface area contributed by atoms with Crippen LogP contribution >= 0.6 is 0 Å². The minimum atomic E-state index is -0.549. The molecule has 0 saturated carbocycles. The second-order valence-electron chi connectivity index (χ2n) is 8.86. The molecule has 1 aromatic rings. The van der Waals surface area contributed by atoms with Gasteiger partial charge in [-0.3, -0.25) is 0 Å². The third kappa shape index (κ3) is 5.14. The summed E-state index contributed by atoms with van der Waals surface area (Å²) >= 11 is 0. The molecule has 0 fully saturated rings. The molecule has 7 nitrogen and oxygen atoms in total. The number of methoxy groups -OCH3 is 1. The molecule has 0 saturated heterocycles. The van der Waals surface area contributed by atoms with E-state index in [2.05, 4.69) is 17.9 Å². The van der Waals surface area contributed by atoms with Crippen molar-refractivity contribution >= 4 is 11.8 Å². The molecule has 29 heavy (non-hydrogen) atoms. The smallest absolute Gasteiger partial charge is 0.410 e. The minimum absolute atomic E-state index is 0.256. The van der Waals surface area contributed by atoms with Crippen LogP contribution in [0.25, 0.3) is 0 Å². The number of nitrogens with zero attached hydrogens (tertiary/aromatic N) is 2. The highest BCUT2D eigenvalue weighted by atomic mass is 16.6. The Labute approximate surface area is 173 Å². The number of amides is 1. The summed E-state index contributed by atoms with van der Waals surface area (Å²) < 4.78 is 16.6. The average Bonchev–Trinajstić information content (AvgIpc) is 2.83. The van der Waals surface area contributed by atoms with Gasteiger partial charge < -0.3 is 29.1 Å². The standard InChI is InChI=1S/C22H34N2O5/c1-15-18-7-9-23(21(26)29-22(2,3)4)8-6-16(18)12-19-20(15)24(10-11-28-19)13-17(25)14-27-5/h12,17,25H,6-11,13-14H2,1-5H3/t17-/m0/s1. The maximum absolute atomic E-state index is 12.5. The summed E-state index contributed by atoms with van der Waals surface area (Å²) in [7, 11) is 1.60. The lowest BCUT2D eigenvalue weighted by Gasteiger charge is -2.35. The number of carbonyl (C=O) groups is 1. The Morgan fingerprint density at radius 2 is 2.00 bits per heavy atom. The van der Waals surface area contributed by atoms with Gasteiger partial charge in [-0.2, -0.15) is 0 Å². The summed E-state index contributed by atoms with van der Waals surface area (Å²) in [5, 5.41) is 10.2. The first-order valence-corrected chi connectivity index (χ1v) is 10.4. The van der Waals surface area contributed by atoms with Crippen molar-refractivity contribution in [2.75, 3.05) is 51.4 Å². The quantitative estimate of drug-likeness (QED) is 0.829. The third-order valence-electron chi connectivity index (χ3n) is 5.39. The Morgan fingerprint density at radius 1 is 1.28 bits per heavy atom. The molecule has 0 radical (unpaired) electrons. The van der Waals surface area contributed by atoms with E-state index >= 15 is 0 Å². The molecule has 0 spiro atoms. The van der Waals surface area contributed by atoms with Gasteiger partial charge in [-0.05, 0) is 63.3 Å². The van der Waals surface area contributed by atoms with E-state index < -0.39 is 11.7 Å². The summed E-state index contributed by atoms with van der Waals surface area (Å²) in [6, 6.07) is 2.12. The number of ether oxygens (including phenoxy) is 3. The van der Waals surface area contributed by atoms with E-state index in [1.807, 2.05) is 20.8 Å². The van der Waals surface area contributed by atoms with E-state index in [1.54, 1.807) is 12.0 Å². The summed E-state index contributed by atoms with van der Waals surface area (Å²) in [5.74, 6) is 0.864. The normalized spacial score (nSPS) is 17.7.